The zero-order valence-corrected chi connectivity index (χ0v) is 11.0. The monoisotopic (exact) mass is 251 g/mol. The largest absolute Gasteiger partial charge is 0.457 e. The molecule has 0 saturated heterocycles. The minimum atomic E-state index is -0.00458. The molecule has 0 atom stereocenters. The third kappa shape index (κ3) is 2.96. The molecule has 0 aromatic heterocycles. The molecule has 0 radical (unpaired) electrons. The fourth-order valence-corrected chi connectivity index (χ4v) is 1.84. The minimum absolute atomic E-state index is 0.00458. The van der Waals surface area contributed by atoms with Gasteiger partial charge in [-0.15, -0.1) is 0 Å². The molecule has 0 spiro atoms. The number of aliphatic hydroxyl groups excluding tert-OH is 1. The summed E-state index contributed by atoms with van der Waals surface area (Å²) in [5.41, 5.74) is 3.41. The Bertz CT molecular complexity index is 647. The van der Waals surface area contributed by atoms with Crippen LogP contribution in [0.5, 0.6) is 11.5 Å². The third-order valence-corrected chi connectivity index (χ3v) is 3.02. The van der Waals surface area contributed by atoms with Crippen molar-refractivity contribution in [2.75, 3.05) is 0 Å². The smallest absolute Gasteiger partial charge is 0.139 e. The van der Waals surface area contributed by atoms with Crippen LogP contribution in [0, 0.1) is 18.3 Å². The van der Waals surface area contributed by atoms with Crippen LogP contribution in [-0.4, -0.2) is 13.0 Å². The van der Waals surface area contributed by atoms with Crippen LogP contribution in [-0.2, 0) is 6.61 Å². The molecule has 0 aliphatic carbocycles. The molecule has 4 heteroatoms. The summed E-state index contributed by atoms with van der Waals surface area (Å²) in [6.45, 7) is 1.90. The highest BCUT2D eigenvalue weighted by Gasteiger charge is 2.05. The van der Waals surface area contributed by atoms with Gasteiger partial charge in [0.05, 0.1) is 18.2 Å². The van der Waals surface area contributed by atoms with Gasteiger partial charge in [-0.1, -0.05) is 11.5 Å². The molecule has 0 unspecified atom stereocenters. The maximum Gasteiger partial charge on any atom is 0.139 e. The summed E-state index contributed by atoms with van der Waals surface area (Å²) in [5, 5.41) is 18.1. The molecule has 1 N–H and O–H groups in total. The zero-order chi connectivity index (χ0) is 13.8. The summed E-state index contributed by atoms with van der Waals surface area (Å²) in [6.07, 6.45) is 0. The normalized spacial score (nSPS) is 9.95. The Hall–Kier alpha value is -2.25. The van der Waals surface area contributed by atoms with Crippen LogP contribution < -0.4 is 10.2 Å². The van der Waals surface area contributed by atoms with Gasteiger partial charge >= 0.3 is 0 Å². The number of hydrogen-bond acceptors (Lipinski definition) is 3. The number of aliphatic hydroxyl groups is 1. The number of benzene rings is 2. The van der Waals surface area contributed by atoms with Crippen molar-refractivity contribution in [3.05, 3.63) is 53.1 Å². The molecule has 0 bridgehead atoms. The maximum absolute atomic E-state index is 9.24. The van der Waals surface area contributed by atoms with E-state index >= 15 is 0 Å². The Kier molecular flexibility index (Phi) is 3.89. The Morgan fingerprint density at radius 1 is 1.26 bits per heavy atom. The van der Waals surface area contributed by atoms with Crippen molar-refractivity contribution < 1.29 is 9.84 Å². The summed E-state index contributed by atoms with van der Waals surface area (Å²) in [4.78, 5) is 0. The molecule has 0 aliphatic rings. The first-order valence-corrected chi connectivity index (χ1v) is 6.03. The van der Waals surface area contributed by atoms with E-state index in [1.807, 2.05) is 33.0 Å². The average molecular weight is 251 g/mol. The van der Waals surface area contributed by atoms with Gasteiger partial charge in [-0.2, -0.15) is 5.26 Å². The van der Waals surface area contributed by atoms with Gasteiger partial charge in [0.1, 0.15) is 19.3 Å². The molecule has 0 amide bonds. The van der Waals surface area contributed by atoms with E-state index in [1.165, 1.54) is 0 Å². The molecular weight excluding hydrogens is 237 g/mol. The SMILES string of the molecule is Bc1ccc(Oc2ccc(C#N)cc2C)cc1CO. The Morgan fingerprint density at radius 2 is 2.05 bits per heavy atom. The molecule has 0 saturated carbocycles. The van der Waals surface area contributed by atoms with Crippen LogP contribution in [0.3, 0.4) is 0 Å². The topological polar surface area (TPSA) is 53.2 Å². The van der Waals surface area contributed by atoms with E-state index in [-0.39, 0.29) is 6.61 Å². The second-order valence-corrected chi connectivity index (χ2v) is 4.44. The second kappa shape index (κ2) is 5.60. The van der Waals surface area contributed by atoms with Crippen LogP contribution in [0.4, 0.5) is 0 Å². The molecule has 3 nitrogen and oxygen atoms in total. The lowest BCUT2D eigenvalue weighted by Gasteiger charge is -2.11. The van der Waals surface area contributed by atoms with Gasteiger partial charge in [-0.05, 0) is 48.4 Å². The lowest BCUT2D eigenvalue weighted by molar-refractivity contribution is 0.282. The standard InChI is InChI=1S/C15H14BNO2/c1-10-6-11(8-17)2-5-15(10)19-13-3-4-14(16)12(7-13)9-18/h2-7,18H,9,16H2,1H3. The van der Waals surface area contributed by atoms with E-state index in [2.05, 4.69) is 6.07 Å². The number of nitrogens with zero attached hydrogens (tertiary/aromatic N) is 1. The van der Waals surface area contributed by atoms with Crippen LogP contribution in [0.25, 0.3) is 0 Å². The van der Waals surface area contributed by atoms with Crippen LogP contribution >= 0.6 is 0 Å². The van der Waals surface area contributed by atoms with Crippen molar-refractivity contribution in [1.29, 1.82) is 5.26 Å². The summed E-state index contributed by atoms with van der Waals surface area (Å²) in [7, 11) is 1.95. The molecular formula is C15H14BNO2. The van der Waals surface area contributed by atoms with Crippen molar-refractivity contribution in [2.24, 2.45) is 0 Å². The second-order valence-electron chi connectivity index (χ2n) is 4.44. The molecule has 2 aromatic rings. The van der Waals surface area contributed by atoms with Gasteiger partial charge < -0.3 is 9.84 Å². The summed E-state index contributed by atoms with van der Waals surface area (Å²) >= 11 is 0. The number of hydrogen-bond donors (Lipinski definition) is 1. The molecule has 94 valence electrons. The summed E-state index contributed by atoms with van der Waals surface area (Å²) in [5.74, 6) is 1.40. The van der Waals surface area contributed by atoms with Crippen molar-refractivity contribution in [3.8, 4) is 17.6 Å². The number of nitriles is 1. The third-order valence-electron chi connectivity index (χ3n) is 3.02. The highest BCUT2D eigenvalue weighted by atomic mass is 16.5. The highest BCUT2D eigenvalue weighted by Crippen LogP contribution is 2.25. The molecule has 2 rings (SSSR count). The maximum atomic E-state index is 9.24. The number of aryl methyl sites for hydroxylation is 1. The van der Waals surface area contributed by atoms with E-state index in [4.69, 9.17) is 10.00 Å². The molecule has 2 aromatic carbocycles. The van der Waals surface area contributed by atoms with Gasteiger partial charge in [0, 0.05) is 0 Å². The quantitative estimate of drug-likeness (QED) is 0.839. The number of ether oxygens (including phenoxy) is 1. The molecule has 19 heavy (non-hydrogen) atoms. The van der Waals surface area contributed by atoms with E-state index in [0.29, 0.717) is 17.1 Å². The van der Waals surface area contributed by atoms with E-state index in [1.54, 1.807) is 18.2 Å². The predicted molar refractivity (Wildman–Crippen MR) is 76.5 cm³/mol. The Labute approximate surface area is 113 Å². The van der Waals surface area contributed by atoms with E-state index in [0.717, 1.165) is 16.6 Å². The van der Waals surface area contributed by atoms with E-state index in [9.17, 15) is 5.11 Å². The summed E-state index contributed by atoms with van der Waals surface area (Å²) < 4.78 is 5.79. The lowest BCUT2D eigenvalue weighted by Crippen LogP contribution is -2.09. The van der Waals surface area contributed by atoms with Crippen molar-refractivity contribution in [1.82, 2.24) is 0 Å². The van der Waals surface area contributed by atoms with Crippen LogP contribution in [0.2, 0.25) is 0 Å². The minimum Gasteiger partial charge on any atom is -0.457 e. The first kappa shape index (κ1) is 13.2. The molecule has 0 heterocycles. The summed E-state index contributed by atoms with van der Waals surface area (Å²) in [6, 6.07) is 13.0. The number of rotatable bonds is 3. The molecule has 0 aliphatic heterocycles. The molecule has 0 fully saturated rings. The first-order valence-electron chi connectivity index (χ1n) is 6.03. The van der Waals surface area contributed by atoms with Crippen molar-refractivity contribution >= 4 is 13.3 Å². The van der Waals surface area contributed by atoms with Crippen molar-refractivity contribution in [2.45, 2.75) is 13.5 Å². The van der Waals surface area contributed by atoms with Gasteiger partial charge in [0.2, 0.25) is 0 Å². The Balaban J connectivity index is 2.29. The van der Waals surface area contributed by atoms with Crippen LogP contribution in [0.1, 0.15) is 16.7 Å². The van der Waals surface area contributed by atoms with Gasteiger partial charge in [0.25, 0.3) is 0 Å². The average Bonchev–Trinajstić information content (AvgIpc) is 2.43. The fourth-order valence-electron chi connectivity index (χ4n) is 1.84. The Morgan fingerprint density at radius 3 is 2.68 bits per heavy atom. The predicted octanol–water partition coefficient (Wildman–Crippen LogP) is 1.41. The lowest BCUT2D eigenvalue weighted by atomic mass is 9.91. The van der Waals surface area contributed by atoms with Gasteiger partial charge in [-0.25, -0.2) is 0 Å². The first-order chi connectivity index (χ1) is 9.13. The van der Waals surface area contributed by atoms with Crippen molar-refractivity contribution in [3.63, 3.8) is 0 Å². The zero-order valence-electron chi connectivity index (χ0n) is 11.0. The van der Waals surface area contributed by atoms with Gasteiger partial charge in [0.15, 0.2) is 0 Å². The van der Waals surface area contributed by atoms with Gasteiger partial charge in [-0.3, -0.25) is 0 Å². The fraction of sp³-hybridized carbons (Fsp3) is 0.133. The van der Waals surface area contributed by atoms with Crippen LogP contribution in [0.15, 0.2) is 36.4 Å². The highest BCUT2D eigenvalue weighted by molar-refractivity contribution is 6.33. The van der Waals surface area contributed by atoms with E-state index < -0.39 is 0 Å².